The Bertz CT molecular complexity index is 202. The van der Waals surface area contributed by atoms with Gasteiger partial charge in [0.2, 0.25) is 0 Å². The SMILES string of the molecule is CCCCCN(C(C)C)C(C(C)N)C(F)(F)F. The van der Waals surface area contributed by atoms with Crippen LogP contribution in [0.5, 0.6) is 0 Å². The van der Waals surface area contributed by atoms with Crippen LogP contribution in [0.15, 0.2) is 0 Å². The van der Waals surface area contributed by atoms with Gasteiger partial charge >= 0.3 is 6.18 Å². The van der Waals surface area contributed by atoms with E-state index >= 15 is 0 Å². The van der Waals surface area contributed by atoms with Crippen LogP contribution in [-0.2, 0) is 0 Å². The van der Waals surface area contributed by atoms with Crippen LogP contribution >= 0.6 is 0 Å². The average molecular weight is 254 g/mol. The number of halogens is 3. The third-order valence-electron chi connectivity index (χ3n) is 2.87. The van der Waals surface area contributed by atoms with Crippen molar-refractivity contribution in [3.63, 3.8) is 0 Å². The fourth-order valence-electron chi connectivity index (χ4n) is 2.05. The molecule has 0 fully saturated rings. The summed E-state index contributed by atoms with van der Waals surface area (Å²) in [6.45, 7) is 7.48. The highest BCUT2D eigenvalue weighted by Gasteiger charge is 2.46. The topological polar surface area (TPSA) is 29.3 Å². The molecule has 17 heavy (non-hydrogen) atoms. The Morgan fingerprint density at radius 3 is 1.94 bits per heavy atom. The Labute approximate surface area is 102 Å². The normalized spacial score (nSPS) is 16.6. The van der Waals surface area contributed by atoms with Crippen LogP contribution in [0.2, 0.25) is 0 Å². The largest absolute Gasteiger partial charge is 0.405 e. The lowest BCUT2D eigenvalue weighted by molar-refractivity contribution is -0.193. The lowest BCUT2D eigenvalue weighted by Crippen LogP contribution is -2.57. The summed E-state index contributed by atoms with van der Waals surface area (Å²) >= 11 is 0. The molecule has 0 aromatic heterocycles. The molecule has 104 valence electrons. The number of nitrogens with zero attached hydrogens (tertiary/aromatic N) is 1. The van der Waals surface area contributed by atoms with E-state index < -0.39 is 18.3 Å². The summed E-state index contributed by atoms with van der Waals surface area (Å²) in [7, 11) is 0. The highest BCUT2D eigenvalue weighted by molar-refractivity contribution is 4.87. The summed E-state index contributed by atoms with van der Waals surface area (Å²) in [6.07, 6.45) is -1.52. The maximum absolute atomic E-state index is 13.0. The summed E-state index contributed by atoms with van der Waals surface area (Å²) < 4.78 is 38.9. The second kappa shape index (κ2) is 7.21. The molecule has 0 spiro atoms. The number of alkyl halides is 3. The van der Waals surface area contributed by atoms with E-state index in [0.29, 0.717) is 6.54 Å². The van der Waals surface area contributed by atoms with Gasteiger partial charge in [-0.25, -0.2) is 0 Å². The number of rotatable bonds is 7. The lowest BCUT2D eigenvalue weighted by Gasteiger charge is -2.38. The van der Waals surface area contributed by atoms with Crippen molar-refractivity contribution >= 4 is 0 Å². The van der Waals surface area contributed by atoms with Crippen molar-refractivity contribution in [2.45, 2.75) is 71.3 Å². The third-order valence-corrected chi connectivity index (χ3v) is 2.87. The van der Waals surface area contributed by atoms with Gasteiger partial charge in [0, 0.05) is 12.1 Å². The van der Waals surface area contributed by atoms with E-state index in [9.17, 15) is 13.2 Å². The fourth-order valence-corrected chi connectivity index (χ4v) is 2.05. The van der Waals surface area contributed by atoms with Crippen LogP contribution in [0, 0.1) is 0 Å². The monoisotopic (exact) mass is 254 g/mol. The van der Waals surface area contributed by atoms with Crippen LogP contribution in [-0.4, -0.2) is 35.7 Å². The zero-order chi connectivity index (χ0) is 13.6. The number of unbranched alkanes of at least 4 members (excludes halogenated alkanes) is 2. The molecule has 2 N–H and O–H groups in total. The molecule has 0 amide bonds. The van der Waals surface area contributed by atoms with E-state index in [4.69, 9.17) is 5.73 Å². The first-order valence-electron chi connectivity index (χ1n) is 6.29. The Kier molecular flexibility index (Phi) is 7.09. The van der Waals surface area contributed by atoms with Gasteiger partial charge in [-0.05, 0) is 33.7 Å². The molecule has 0 saturated carbocycles. The maximum Gasteiger partial charge on any atom is 0.405 e. The van der Waals surface area contributed by atoms with Gasteiger partial charge < -0.3 is 5.73 Å². The molecule has 0 aliphatic rings. The fraction of sp³-hybridized carbons (Fsp3) is 1.00. The van der Waals surface area contributed by atoms with E-state index in [1.54, 1.807) is 13.8 Å². The van der Waals surface area contributed by atoms with Gasteiger partial charge in [0.15, 0.2) is 0 Å². The van der Waals surface area contributed by atoms with Crippen LogP contribution in [0.4, 0.5) is 13.2 Å². The first kappa shape index (κ1) is 16.7. The molecule has 5 heteroatoms. The predicted octanol–water partition coefficient (Wildman–Crippen LogP) is 3.17. The molecular formula is C12H25F3N2. The Morgan fingerprint density at radius 1 is 1.12 bits per heavy atom. The molecule has 2 atom stereocenters. The molecule has 2 nitrogen and oxygen atoms in total. The van der Waals surface area contributed by atoms with Gasteiger partial charge in [-0.2, -0.15) is 13.2 Å². The van der Waals surface area contributed by atoms with E-state index in [0.717, 1.165) is 19.3 Å². The van der Waals surface area contributed by atoms with Crippen molar-refractivity contribution in [2.75, 3.05) is 6.54 Å². The highest BCUT2D eigenvalue weighted by atomic mass is 19.4. The molecule has 0 aliphatic heterocycles. The van der Waals surface area contributed by atoms with E-state index in [1.807, 2.05) is 6.92 Å². The molecule has 2 unspecified atom stereocenters. The quantitative estimate of drug-likeness (QED) is 0.707. The van der Waals surface area contributed by atoms with Crippen molar-refractivity contribution in [2.24, 2.45) is 5.73 Å². The predicted molar refractivity (Wildman–Crippen MR) is 64.9 cm³/mol. The molecule has 0 saturated heterocycles. The lowest BCUT2D eigenvalue weighted by atomic mass is 10.1. The minimum Gasteiger partial charge on any atom is -0.326 e. The molecule has 0 aliphatic carbocycles. The smallest absolute Gasteiger partial charge is 0.326 e. The molecule has 0 rings (SSSR count). The minimum absolute atomic E-state index is 0.149. The van der Waals surface area contributed by atoms with Gasteiger partial charge in [0.1, 0.15) is 6.04 Å². The summed E-state index contributed by atoms with van der Waals surface area (Å²) in [5.41, 5.74) is 5.50. The van der Waals surface area contributed by atoms with Crippen LogP contribution in [0.3, 0.4) is 0 Å². The van der Waals surface area contributed by atoms with Crippen molar-refractivity contribution in [3.8, 4) is 0 Å². The van der Waals surface area contributed by atoms with Crippen molar-refractivity contribution in [3.05, 3.63) is 0 Å². The minimum atomic E-state index is -4.26. The van der Waals surface area contributed by atoms with Crippen LogP contribution < -0.4 is 5.73 Å². The molecule has 0 radical (unpaired) electrons. The zero-order valence-electron chi connectivity index (χ0n) is 11.2. The molecular weight excluding hydrogens is 229 g/mol. The summed E-state index contributed by atoms with van der Waals surface area (Å²) in [5, 5.41) is 0. The number of hydrogen-bond acceptors (Lipinski definition) is 2. The second-order valence-corrected chi connectivity index (χ2v) is 4.88. The average Bonchev–Trinajstić information content (AvgIpc) is 2.13. The van der Waals surface area contributed by atoms with Crippen LogP contribution in [0.1, 0.15) is 47.0 Å². The molecule has 0 heterocycles. The third kappa shape index (κ3) is 5.73. The maximum atomic E-state index is 13.0. The highest BCUT2D eigenvalue weighted by Crippen LogP contribution is 2.28. The van der Waals surface area contributed by atoms with Gasteiger partial charge in [0.05, 0.1) is 0 Å². The Balaban J connectivity index is 4.73. The van der Waals surface area contributed by atoms with Gasteiger partial charge in [-0.15, -0.1) is 0 Å². The second-order valence-electron chi connectivity index (χ2n) is 4.88. The number of nitrogens with two attached hydrogens (primary N) is 1. The van der Waals surface area contributed by atoms with E-state index in [-0.39, 0.29) is 6.04 Å². The van der Waals surface area contributed by atoms with E-state index in [1.165, 1.54) is 11.8 Å². The zero-order valence-corrected chi connectivity index (χ0v) is 11.2. The molecule has 0 aromatic carbocycles. The molecule has 0 aromatic rings. The summed E-state index contributed by atoms with van der Waals surface area (Å²) in [4.78, 5) is 1.47. The first-order valence-corrected chi connectivity index (χ1v) is 6.29. The van der Waals surface area contributed by atoms with E-state index in [2.05, 4.69) is 0 Å². The Hall–Kier alpha value is -0.290. The van der Waals surface area contributed by atoms with Crippen LogP contribution in [0.25, 0.3) is 0 Å². The molecule has 0 bridgehead atoms. The van der Waals surface area contributed by atoms with Gasteiger partial charge in [-0.3, -0.25) is 4.90 Å². The van der Waals surface area contributed by atoms with Crippen molar-refractivity contribution < 1.29 is 13.2 Å². The van der Waals surface area contributed by atoms with Crippen molar-refractivity contribution in [1.29, 1.82) is 0 Å². The first-order chi connectivity index (χ1) is 7.71. The number of hydrogen-bond donors (Lipinski definition) is 1. The standard InChI is InChI=1S/C12H25F3N2/c1-5-6-7-8-17(9(2)3)11(10(4)16)12(13,14)15/h9-11H,5-8,16H2,1-4H3. The van der Waals surface area contributed by atoms with Gasteiger partial charge in [0.25, 0.3) is 0 Å². The van der Waals surface area contributed by atoms with Gasteiger partial charge in [-0.1, -0.05) is 19.8 Å². The van der Waals surface area contributed by atoms with Crippen molar-refractivity contribution in [1.82, 2.24) is 4.90 Å². The summed E-state index contributed by atoms with van der Waals surface area (Å²) in [5.74, 6) is 0. The Morgan fingerprint density at radius 2 is 1.65 bits per heavy atom. The summed E-state index contributed by atoms with van der Waals surface area (Å²) in [6, 6.07) is -2.59.